The number of ether oxygens (including phenoxy) is 1. The molecule has 106 valence electrons. The summed E-state index contributed by atoms with van der Waals surface area (Å²) in [6.45, 7) is 0.382. The number of nitrogens with zero attached hydrogens (tertiary/aromatic N) is 3. The van der Waals surface area contributed by atoms with Crippen LogP contribution in [0.25, 0.3) is 0 Å². The monoisotopic (exact) mass is 275 g/mol. The van der Waals surface area contributed by atoms with Gasteiger partial charge in [-0.2, -0.15) is 9.49 Å². The third kappa shape index (κ3) is 3.15. The van der Waals surface area contributed by atoms with E-state index in [0.29, 0.717) is 18.4 Å². The molecule has 0 aliphatic heterocycles. The Morgan fingerprint density at radius 2 is 2.05 bits per heavy atom. The molecule has 0 aromatic carbocycles. The first-order valence-electron chi connectivity index (χ1n) is 7.10. The molecule has 1 aliphatic carbocycles. The van der Waals surface area contributed by atoms with Gasteiger partial charge in [-0.3, -0.25) is 4.68 Å². The molecule has 2 heterocycles. The van der Waals surface area contributed by atoms with Crippen molar-refractivity contribution in [3.63, 3.8) is 0 Å². The van der Waals surface area contributed by atoms with Gasteiger partial charge in [-0.05, 0) is 31.0 Å². The summed E-state index contributed by atoms with van der Waals surface area (Å²) in [5.41, 5.74) is 0.889. The second-order valence-corrected chi connectivity index (χ2v) is 5.18. The number of hydrogen-bond acceptors (Lipinski definition) is 3. The normalized spacial score (nSPS) is 16.2. The highest BCUT2D eigenvalue weighted by molar-refractivity contribution is 5.16. The molecule has 0 unspecified atom stereocenters. The summed E-state index contributed by atoms with van der Waals surface area (Å²) < 4.78 is 20.3. The third-order valence-corrected chi connectivity index (χ3v) is 3.70. The van der Waals surface area contributed by atoms with Gasteiger partial charge in [0.2, 0.25) is 5.95 Å². The van der Waals surface area contributed by atoms with Crippen LogP contribution in [0.15, 0.2) is 30.6 Å². The molecular formula is C15H18FN3O. The summed E-state index contributed by atoms with van der Waals surface area (Å²) in [6, 6.07) is 5.37. The number of halogens is 1. The van der Waals surface area contributed by atoms with Gasteiger partial charge >= 0.3 is 0 Å². The van der Waals surface area contributed by atoms with E-state index in [0.717, 1.165) is 5.69 Å². The quantitative estimate of drug-likeness (QED) is 0.802. The Morgan fingerprint density at radius 3 is 2.80 bits per heavy atom. The van der Waals surface area contributed by atoms with E-state index in [-0.39, 0.29) is 0 Å². The van der Waals surface area contributed by atoms with Crippen LogP contribution in [0.3, 0.4) is 0 Å². The zero-order valence-electron chi connectivity index (χ0n) is 11.3. The molecule has 0 spiro atoms. The summed E-state index contributed by atoms with van der Waals surface area (Å²) in [6.07, 6.45) is 9.75. The van der Waals surface area contributed by atoms with Crippen molar-refractivity contribution in [2.75, 3.05) is 0 Å². The Morgan fingerprint density at radius 1 is 1.20 bits per heavy atom. The third-order valence-electron chi connectivity index (χ3n) is 3.70. The summed E-state index contributed by atoms with van der Waals surface area (Å²) in [4.78, 5) is 3.55. The predicted molar refractivity (Wildman–Crippen MR) is 72.9 cm³/mol. The van der Waals surface area contributed by atoms with E-state index in [1.54, 1.807) is 6.07 Å². The van der Waals surface area contributed by atoms with E-state index in [4.69, 9.17) is 4.74 Å². The number of pyridine rings is 1. The van der Waals surface area contributed by atoms with Crippen LogP contribution in [0.2, 0.25) is 0 Å². The van der Waals surface area contributed by atoms with Crippen molar-refractivity contribution in [2.24, 2.45) is 0 Å². The largest absolute Gasteiger partial charge is 0.486 e. The maximum Gasteiger partial charge on any atom is 0.213 e. The molecule has 0 amide bonds. The van der Waals surface area contributed by atoms with Gasteiger partial charge in [-0.1, -0.05) is 19.3 Å². The summed E-state index contributed by atoms with van der Waals surface area (Å²) in [5, 5.41) is 4.56. The van der Waals surface area contributed by atoms with Crippen molar-refractivity contribution in [3.8, 4) is 5.75 Å². The predicted octanol–water partition coefficient (Wildman–Crippen LogP) is 3.50. The van der Waals surface area contributed by atoms with Gasteiger partial charge < -0.3 is 4.74 Å². The van der Waals surface area contributed by atoms with E-state index in [9.17, 15) is 4.39 Å². The number of hydrogen-bond donors (Lipinski definition) is 0. The molecule has 3 rings (SSSR count). The van der Waals surface area contributed by atoms with Gasteiger partial charge in [-0.25, -0.2) is 4.98 Å². The molecule has 0 atom stereocenters. The Balaban J connectivity index is 1.58. The van der Waals surface area contributed by atoms with Crippen LogP contribution in [0, 0.1) is 5.95 Å². The Labute approximate surface area is 117 Å². The fourth-order valence-corrected chi connectivity index (χ4v) is 2.61. The van der Waals surface area contributed by atoms with Gasteiger partial charge in [0.25, 0.3) is 0 Å². The maximum absolute atomic E-state index is 12.7. The van der Waals surface area contributed by atoms with E-state index >= 15 is 0 Å². The zero-order chi connectivity index (χ0) is 13.8. The standard InChI is InChI=1S/C15H18FN3O/c16-15-7-6-14(10-17-15)20-11-12-8-9-19(18-12)13-4-2-1-3-5-13/h6-10,13H,1-5,11H2. The first-order chi connectivity index (χ1) is 9.81. The van der Waals surface area contributed by atoms with Crippen LogP contribution in [-0.4, -0.2) is 14.8 Å². The highest BCUT2D eigenvalue weighted by Gasteiger charge is 2.16. The van der Waals surface area contributed by atoms with Gasteiger partial charge in [-0.15, -0.1) is 0 Å². The fraction of sp³-hybridized carbons (Fsp3) is 0.467. The van der Waals surface area contributed by atoms with Gasteiger partial charge in [0, 0.05) is 6.20 Å². The minimum atomic E-state index is -0.501. The summed E-state index contributed by atoms with van der Waals surface area (Å²) >= 11 is 0. The molecule has 0 bridgehead atoms. The molecule has 0 radical (unpaired) electrons. The first kappa shape index (κ1) is 13.1. The molecule has 0 N–H and O–H groups in total. The Kier molecular flexibility index (Phi) is 3.95. The van der Waals surface area contributed by atoms with E-state index in [2.05, 4.69) is 14.8 Å². The molecular weight excluding hydrogens is 257 g/mol. The van der Waals surface area contributed by atoms with Crippen molar-refractivity contribution >= 4 is 0 Å². The maximum atomic E-state index is 12.7. The first-order valence-corrected chi connectivity index (χ1v) is 7.10. The van der Waals surface area contributed by atoms with Gasteiger partial charge in [0.15, 0.2) is 0 Å². The zero-order valence-corrected chi connectivity index (χ0v) is 11.3. The molecule has 2 aromatic rings. The SMILES string of the molecule is Fc1ccc(OCc2ccn(C3CCCCC3)n2)cn1. The van der Waals surface area contributed by atoms with Gasteiger partial charge in [0.05, 0.1) is 17.9 Å². The summed E-state index contributed by atoms with van der Waals surface area (Å²) in [5.74, 6) is 0.0533. The Hall–Kier alpha value is -1.91. The van der Waals surface area contributed by atoms with Crippen molar-refractivity contribution in [2.45, 2.75) is 44.8 Å². The van der Waals surface area contributed by atoms with Crippen LogP contribution in [0.4, 0.5) is 4.39 Å². The van der Waals surface area contributed by atoms with Crippen LogP contribution >= 0.6 is 0 Å². The van der Waals surface area contributed by atoms with Crippen LogP contribution in [0.5, 0.6) is 5.75 Å². The molecule has 2 aromatic heterocycles. The highest BCUT2D eigenvalue weighted by atomic mass is 19.1. The van der Waals surface area contributed by atoms with Crippen LogP contribution in [-0.2, 0) is 6.61 Å². The van der Waals surface area contributed by atoms with Crippen molar-refractivity contribution < 1.29 is 9.13 Å². The summed E-state index contributed by atoms with van der Waals surface area (Å²) in [7, 11) is 0. The lowest BCUT2D eigenvalue weighted by atomic mass is 9.96. The second kappa shape index (κ2) is 6.03. The van der Waals surface area contributed by atoms with Gasteiger partial charge in [0.1, 0.15) is 12.4 Å². The number of rotatable bonds is 4. The van der Waals surface area contributed by atoms with Crippen molar-refractivity contribution in [1.29, 1.82) is 0 Å². The molecule has 5 heteroatoms. The van der Waals surface area contributed by atoms with Crippen LogP contribution < -0.4 is 4.74 Å². The minimum Gasteiger partial charge on any atom is -0.486 e. The molecule has 4 nitrogen and oxygen atoms in total. The van der Waals surface area contributed by atoms with E-state index in [1.807, 2.05) is 12.3 Å². The molecule has 1 saturated carbocycles. The lowest BCUT2D eigenvalue weighted by molar-refractivity contribution is 0.289. The molecule has 1 fully saturated rings. The Bertz CT molecular complexity index is 547. The minimum absolute atomic E-state index is 0.382. The van der Waals surface area contributed by atoms with Crippen LogP contribution in [0.1, 0.15) is 43.8 Å². The number of aromatic nitrogens is 3. The van der Waals surface area contributed by atoms with E-state index in [1.165, 1.54) is 44.4 Å². The lowest BCUT2D eigenvalue weighted by Gasteiger charge is -2.21. The second-order valence-electron chi connectivity index (χ2n) is 5.18. The van der Waals surface area contributed by atoms with Crippen molar-refractivity contribution in [3.05, 3.63) is 42.2 Å². The van der Waals surface area contributed by atoms with E-state index < -0.39 is 5.95 Å². The highest BCUT2D eigenvalue weighted by Crippen LogP contribution is 2.27. The molecule has 0 saturated heterocycles. The molecule has 20 heavy (non-hydrogen) atoms. The lowest BCUT2D eigenvalue weighted by Crippen LogP contribution is -2.13. The average molecular weight is 275 g/mol. The smallest absolute Gasteiger partial charge is 0.213 e. The van der Waals surface area contributed by atoms with Crippen molar-refractivity contribution in [1.82, 2.24) is 14.8 Å². The average Bonchev–Trinajstić information content (AvgIpc) is 2.97. The topological polar surface area (TPSA) is 39.9 Å². The fourth-order valence-electron chi connectivity index (χ4n) is 2.61. The molecule has 1 aliphatic rings.